The van der Waals surface area contributed by atoms with Gasteiger partial charge in [0, 0.05) is 37.0 Å². The zero-order valence-electron chi connectivity index (χ0n) is 18.4. The number of amides is 1. The molecule has 3 aromatic rings. The predicted molar refractivity (Wildman–Crippen MR) is 118 cm³/mol. The van der Waals surface area contributed by atoms with E-state index in [4.69, 9.17) is 4.42 Å². The summed E-state index contributed by atoms with van der Waals surface area (Å²) >= 11 is 0. The third-order valence-corrected chi connectivity index (χ3v) is 7.03. The number of hydrogen-bond acceptors (Lipinski definition) is 6. The zero-order chi connectivity index (χ0) is 24.9. The van der Waals surface area contributed by atoms with E-state index in [1.165, 1.54) is 18.0 Å². The summed E-state index contributed by atoms with van der Waals surface area (Å²) in [6.45, 7) is 3.55. The van der Waals surface area contributed by atoms with Crippen molar-refractivity contribution < 1.29 is 35.2 Å². The summed E-state index contributed by atoms with van der Waals surface area (Å²) in [4.78, 5) is 14.7. The van der Waals surface area contributed by atoms with E-state index in [0.717, 1.165) is 18.2 Å². The fourth-order valence-corrected chi connectivity index (χ4v) is 4.83. The minimum atomic E-state index is -4.82. The average molecular weight is 499 g/mol. The maximum Gasteiger partial charge on any atom is 0.300 e. The lowest BCUT2D eigenvalue weighted by Crippen LogP contribution is -2.48. The van der Waals surface area contributed by atoms with Gasteiger partial charge >= 0.3 is 5.91 Å². The van der Waals surface area contributed by atoms with E-state index in [-0.39, 0.29) is 35.8 Å². The molecule has 0 radical (unpaired) electrons. The highest BCUT2D eigenvalue weighted by atomic mass is 32.2. The van der Waals surface area contributed by atoms with Crippen molar-refractivity contribution in [2.75, 3.05) is 29.9 Å². The molecule has 0 saturated carbocycles. The van der Waals surface area contributed by atoms with Gasteiger partial charge in [-0.1, -0.05) is 0 Å². The Bertz CT molecular complexity index is 1380. The van der Waals surface area contributed by atoms with Gasteiger partial charge in [0.2, 0.25) is 0 Å². The first kappa shape index (κ1) is 23.9. The van der Waals surface area contributed by atoms with Crippen molar-refractivity contribution in [3.05, 3.63) is 53.5 Å². The van der Waals surface area contributed by atoms with E-state index >= 15 is 0 Å². The first-order valence-electron chi connectivity index (χ1n) is 10.3. The second-order valence-electron chi connectivity index (χ2n) is 8.33. The lowest BCUT2D eigenvalue weighted by molar-refractivity contribution is 0.0956. The summed E-state index contributed by atoms with van der Waals surface area (Å²) in [7, 11) is -3.37. The number of rotatable bonds is 6. The summed E-state index contributed by atoms with van der Waals surface area (Å²) in [5.74, 6) is -4.93. The molecule has 34 heavy (non-hydrogen) atoms. The molecule has 1 N–H and O–H groups in total. The number of furan rings is 1. The Kier molecular flexibility index (Phi) is 5.96. The summed E-state index contributed by atoms with van der Waals surface area (Å²) in [6.07, 6.45) is -1.02. The Morgan fingerprint density at radius 3 is 2.41 bits per heavy atom. The smallest absolute Gasteiger partial charge is 0.300 e. The van der Waals surface area contributed by atoms with Crippen molar-refractivity contribution >= 4 is 38.3 Å². The number of carbonyl (C=O) groups excluding carboxylic acids is 1. The van der Waals surface area contributed by atoms with Gasteiger partial charge in [0.25, 0.3) is 10.0 Å². The highest BCUT2D eigenvalue weighted by Crippen LogP contribution is 2.32. The van der Waals surface area contributed by atoms with Crippen LogP contribution in [-0.2, 0) is 10.0 Å². The lowest BCUT2D eigenvalue weighted by Gasteiger charge is -2.36. The number of carbonyl (C=O) groups is 1. The first-order valence-corrected chi connectivity index (χ1v) is 11.8. The number of nitrogens with zero attached hydrogens (tertiary/aromatic N) is 2. The van der Waals surface area contributed by atoms with Crippen LogP contribution in [0.1, 0.15) is 24.4 Å². The molecule has 2 heterocycles. The maximum atomic E-state index is 14.6. The highest BCUT2D eigenvalue weighted by molar-refractivity contribution is 7.90. The number of fused-ring (bicyclic) bond motifs is 1. The predicted octanol–water partition coefficient (Wildman–Crippen LogP) is 3.97. The first-order chi connectivity index (χ1) is 15.9. The van der Waals surface area contributed by atoms with Crippen molar-refractivity contribution in [1.82, 2.24) is 4.72 Å². The largest absolute Gasteiger partial charge is 0.451 e. The molecule has 0 unspecified atom stereocenters. The molecule has 1 fully saturated rings. The number of sulfonamides is 1. The van der Waals surface area contributed by atoms with Crippen molar-refractivity contribution in [3.63, 3.8) is 0 Å². The lowest BCUT2D eigenvalue weighted by atomic mass is 10.1. The number of anilines is 2. The minimum absolute atomic E-state index is 0.0481. The fourth-order valence-electron chi connectivity index (χ4n) is 3.59. The fraction of sp³-hybridized carbons (Fsp3) is 0.318. The van der Waals surface area contributed by atoms with Crippen LogP contribution in [0.25, 0.3) is 11.0 Å². The number of halogens is 4. The quantitative estimate of drug-likeness (QED) is 0.517. The van der Waals surface area contributed by atoms with Crippen molar-refractivity contribution in [3.8, 4) is 0 Å². The number of hydrogen-bond donors (Lipinski definition) is 1. The van der Waals surface area contributed by atoms with Gasteiger partial charge in [0.05, 0.1) is 24.2 Å². The highest BCUT2D eigenvalue weighted by Gasteiger charge is 2.31. The number of alkyl halides is 1. The summed E-state index contributed by atoms with van der Waals surface area (Å²) in [6, 6.07) is 4.49. The molecule has 1 saturated heterocycles. The Hall–Kier alpha value is -3.28. The van der Waals surface area contributed by atoms with Gasteiger partial charge in [-0.3, -0.25) is 4.79 Å². The molecule has 4 rings (SSSR count). The van der Waals surface area contributed by atoms with Crippen LogP contribution in [0.15, 0.2) is 39.6 Å². The molecule has 12 heteroatoms. The molecule has 1 aliphatic rings. The van der Waals surface area contributed by atoms with Gasteiger partial charge < -0.3 is 14.2 Å². The summed E-state index contributed by atoms with van der Waals surface area (Å²) < 4.78 is 88.9. The average Bonchev–Trinajstić information content (AvgIpc) is 3.14. The van der Waals surface area contributed by atoms with E-state index in [1.807, 2.05) is 0 Å². The molecule has 0 atom stereocenters. The SMILES string of the molecule is CC(C)N(C)c1cc(F)cc(F)c1S(=O)(=O)NC(=O)c1cc2c(F)cc(N3CC(F)C3)cc2o1. The molecule has 2 aromatic carbocycles. The summed E-state index contributed by atoms with van der Waals surface area (Å²) in [5, 5.41) is -0.0863. The molecule has 1 aromatic heterocycles. The molecular weight excluding hydrogens is 478 g/mol. The molecular formula is C22H21F4N3O4S. The minimum Gasteiger partial charge on any atom is -0.451 e. The van der Waals surface area contributed by atoms with Crippen LogP contribution in [0.4, 0.5) is 28.9 Å². The van der Waals surface area contributed by atoms with Crippen LogP contribution in [0.5, 0.6) is 0 Å². The van der Waals surface area contributed by atoms with Crippen LogP contribution >= 0.6 is 0 Å². The molecule has 0 bridgehead atoms. The normalized spacial score (nSPS) is 14.5. The Labute approximate surface area is 193 Å². The third kappa shape index (κ3) is 4.29. The maximum absolute atomic E-state index is 14.6. The zero-order valence-corrected chi connectivity index (χ0v) is 19.2. The van der Waals surface area contributed by atoms with E-state index in [0.29, 0.717) is 11.8 Å². The van der Waals surface area contributed by atoms with Gasteiger partial charge in [-0.15, -0.1) is 0 Å². The standard InChI is InChI=1S/C22H21F4N3O4S/c1-11(2)28(3)18-5-12(23)4-17(26)21(18)34(31,32)27-22(30)20-8-15-16(25)6-14(7-19(15)33-20)29-9-13(24)10-29/h4-8,11,13H,9-10H2,1-3H3,(H,27,30). The van der Waals surface area contributed by atoms with Crippen molar-refractivity contribution in [2.45, 2.75) is 31.0 Å². The Balaban J connectivity index is 1.67. The van der Waals surface area contributed by atoms with E-state index in [2.05, 4.69) is 0 Å². The topological polar surface area (TPSA) is 82.9 Å². The van der Waals surface area contributed by atoms with Crippen LogP contribution in [0.2, 0.25) is 0 Å². The third-order valence-electron chi connectivity index (χ3n) is 5.64. The molecule has 1 aliphatic heterocycles. The van der Waals surface area contributed by atoms with E-state index in [9.17, 15) is 30.8 Å². The van der Waals surface area contributed by atoms with Crippen LogP contribution < -0.4 is 14.5 Å². The monoisotopic (exact) mass is 499 g/mol. The van der Waals surface area contributed by atoms with Gasteiger partial charge in [-0.2, -0.15) is 0 Å². The summed E-state index contributed by atoms with van der Waals surface area (Å²) in [5.41, 5.74) is 0.0180. The van der Waals surface area contributed by atoms with Crippen LogP contribution in [-0.4, -0.2) is 46.7 Å². The molecule has 0 aliphatic carbocycles. The second-order valence-corrected chi connectivity index (χ2v) is 9.95. The van der Waals surface area contributed by atoms with Gasteiger partial charge in [0.1, 0.15) is 34.1 Å². The van der Waals surface area contributed by atoms with Gasteiger partial charge in [-0.25, -0.2) is 30.7 Å². The molecule has 182 valence electrons. The van der Waals surface area contributed by atoms with Crippen molar-refractivity contribution in [1.29, 1.82) is 0 Å². The molecule has 7 nitrogen and oxygen atoms in total. The van der Waals surface area contributed by atoms with Gasteiger partial charge in [0.15, 0.2) is 5.76 Å². The molecule has 0 spiro atoms. The van der Waals surface area contributed by atoms with Gasteiger partial charge in [-0.05, 0) is 26.0 Å². The van der Waals surface area contributed by atoms with Crippen LogP contribution in [0.3, 0.4) is 0 Å². The second kappa shape index (κ2) is 8.49. The van der Waals surface area contributed by atoms with Crippen molar-refractivity contribution in [2.24, 2.45) is 0 Å². The Morgan fingerprint density at radius 1 is 1.12 bits per heavy atom. The van der Waals surface area contributed by atoms with E-state index in [1.54, 1.807) is 23.5 Å². The van der Waals surface area contributed by atoms with Crippen LogP contribution in [0, 0.1) is 17.5 Å². The number of benzene rings is 2. The number of nitrogens with one attached hydrogen (secondary N) is 1. The molecule has 1 amide bonds. The Morgan fingerprint density at radius 2 is 1.79 bits per heavy atom. The van der Waals surface area contributed by atoms with E-state index < -0.39 is 50.2 Å².